The van der Waals surface area contributed by atoms with E-state index in [4.69, 9.17) is 13.9 Å². The summed E-state index contributed by atoms with van der Waals surface area (Å²) < 4.78 is 16.7. The predicted molar refractivity (Wildman–Crippen MR) is 131 cm³/mol. The van der Waals surface area contributed by atoms with Gasteiger partial charge < -0.3 is 19.2 Å². The van der Waals surface area contributed by atoms with Crippen molar-refractivity contribution in [2.45, 2.75) is 32.6 Å². The van der Waals surface area contributed by atoms with Crippen molar-refractivity contribution in [3.8, 4) is 11.5 Å². The SMILES string of the molecule is C[C@H](NC(=O)c1coc(CN(Cc2ccccc2)Cc2ccc3c(c2)OCO3)n1)c1ccccc1. The third-order valence-corrected chi connectivity index (χ3v) is 5.88. The van der Waals surface area contributed by atoms with Gasteiger partial charge in [-0.1, -0.05) is 66.7 Å². The molecule has 7 heteroatoms. The number of amides is 1. The van der Waals surface area contributed by atoms with Gasteiger partial charge in [-0.05, 0) is 35.7 Å². The molecule has 5 rings (SSSR count). The van der Waals surface area contributed by atoms with Crippen molar-refractivity contribution in [1.82, 2.24) is 15.2 Å². The first-order valence-electron chi connectivity index (χ1n) is 11.6. The highest BCUT2D eigenvalue weighted by molar-refractivity contribution is 5.92. The molecule has 0 radical (unpaired) electrons. The summed E-state index contributed by atoms with van der Waals surface area (Å²) in [5, 5.41) is 2.98. The Balaban J connectivity index is 1.28. The molecule has 0 aliphatic carbocycles. The highest BCUT2D eigenvalue weighted by Crippen LogP contribution is 2.33. The predicted octanol–water partition coefficient (Wildman–Crippen LogP) is 5.10. The number of nitrogens with one attached hydrogen (secondary N) is 1. The van der Waals surface area contributed by atoms with Crippen molar-refractivity contribution >= 4 is 5.91 Å². The van der Waals surface area contributed by atoms with E-state index in [0.29, 0.717) is 25.5 Å². The van der Waals surface area contributed by atoms with Gasteiger partial charge in [-0.2, -0.15) is 0 Å². The number of fused-ring (bicyclic) bond motifs is 1. The summed E-state index contributed by atoms with van der Waals surface area (Å²) in [6.45, 7) is 3.99. The first-order chi connectivity index (χ1) is 17.1. The molecule has 0 spiro atoms. The van der Waals surface area contributed by atoms with Crippen LogP contribution in [0.1, 0.15) is 46.0 Å². The second kappa shape index (κ2) is 10.4. The molecular weight excluding hydrogens is 442 g/mol. The fraction of sp³-hybridized carbons (Fsp3) is 0.214. The number of aromatic nitrogens is 1. The van der Waals surface area contributed by atoms with Crippen LogP contribution in [0.2, 0.25) is 0 Å². The number of hydrogen-bond acceptors (Lipinski definition) is 6. The summed E-state index contributed by atoms with van der Waals surface area (Å²) in [5.41, 5.74) is 3.56. The van der Waals surface area contributed by atoms with Crippen LogP contribution in [0.15, 0.2) is 89.5 Å². The molecule has 0 saturated heterocycles. The minimum absolute atomic E-state index is 0.135. The zero-order valence-corrected chi connectivity index (χ0v) is 19.5. The van der Waals surface area contributed by atoms with Crippen LogP contribution in [0.25, 0.3) is 0 Å². The molecule has 0 saturated carbocycles. The number of rotatable bonds is 9. The Hall–Kier alpha value is -4.10. The van der Waals surface area contributed by atoms with Crippen LogP contribution in [-0.4, -0.2) is 22.6 Å². The third-order valence-electron chi connectivity index (χ3n) is 5.88. The van der Waals surface area contributed by atoms with E-state index in [1.165, 1.54) is 11.8 Å². The Morgan fingerprint density at radius 3 is 2.43 bits per heavy atom. The van der Waals surface area contributed by atoms with E-state index in [-0.39, 0.29) is 24.4 Å². The molecule has 3 aromatic carbocycles. The van der Waals surface area contributed by atoms with Gasteiger partial charge in [-0.3, -0.25) is 9.69 Å². The summed E-state index contributed by atoms with van der Waals surface area (Å²) in [4.78, 5) is 19.4. The minimum atomic E-state index is -0.262. The largest absolute Gasteiger partial charge is 0.454 e. The van der Waals surface area contributed by atoms with Gasteiger partial charge in [0.1, 0.15) is 6.26 Å². The quantitative estimate of drug-likeness (QED) is 0.368. The highest BCUT2D eigenvalue weighted by atomic mass is 16.7. The first-order valence-corrected chi connectivity index (χ1v) is 11.6. The zero-order valence-electron chi connectivity index (χ0n) is 19.5. The molecule has 7 nitrogen and oxygen atoms in total. The summed E-state index contributed by atoms with van der Waals surface area (Å²) >= 11 is 0. The lowest BCUT2D eigenvalue weighted by Crippen LogP contribution is -2.27. The summed E-state index contributed by atoms with van der Waals surface area (Å²) in [6, 6.07) is 25.9. The molecule has 1 amide bonds. The maximum absolute atomic E-state index is 12.7. The van der Waals surface area contributed by atoms with E-state index >= 15 is 0 Å². The molecule has 1 atom stereocenters. The van der Waals surface area contributed by atoms with E-state index in [1.54, 1.807) is 0 Å². The number of ether oxygens (including phenoxy) is 2. The smallest absolute Gasteiger partial charge is 0.273 e. The maximum atomic E-state index is 12.7. The molecule has 1 aliphatic heterocycles. The van der Waals surface area contributed by atoms with Crippen molar-refractivity contribution in [1.29, 1.82) is 0 Å². The van der Waals surface area contributed by atoms with Crippen molar-refractivity contribution in [2.24, 2.45) is 0 Å². The number of carbonyl (C=O) groups is 1. The zero-order chi connectivity index (χ0) is 24.0. The van der Waals surface area contributed by atoms with Gasteiger partial charge in [-0.15, -0.1) is 0 Å². The Morgan fingerprint density at radius 2 is 1.63 bits per heavy atom. The Labute approximate surface area is 204 Å². The maximum Gasteiger partial charge on any atom is 0.273 e. The number of oxazole rings is 1. The average molecular weight is 470 g/mol. The minimum Gasteiger partial charge on any atom is -0.454 e. The fourth-order valence-corrected chi connectivity index (χ4v) is 4.08. The van der Waals surface area contributed by atoms with Crippen LogP contribution in [0, 0.1) is 0 Å². The summed E-state index contributed by atoms with van der Waals surface area (Å²) in [5.74, 6) is 1.74. The monoisotopic (exact) mass is 469 g/mol. The lowest BCUT2D eigenvalue weighted by Gasteiger charge is -2.21. The van der Waals surface area contributed by atoms with Crippen molar-refractivity contribution < 1.29 is 18.7 Å². The molecule has 0 unspecified atom stereocenters. The van der Waals surface area contributed by atoms with E-state index in [9.17, 15) is 4.79 Å². The number of hydrogen-bond donors (Lipinski definition) is 1. The first kappa shape index (κ1) is 22.7. The molecule has 4 aromatic rings. The second-order valence-corrected chi connectivity index (χ2v) is 8.55. The van der Waals surface area contributed by atoms with Gasteiger partial charge in [0, 0.05) is 13.1 Å². The second-order valence-electron chi connectivity index (χ2n) is 8.55. The molecular formula is C28H27N3O4. The summed E-state index contributed by atoms with van der Waals surface area (Å²) in [7, 11) is 0. The molecule has 0 fully saturated rings. The van der Waals surface area contributed by atoms with Gasteiger partial charge >= 0.3 is 0 Å². The van der Waals surface area contributed by atoms with Gasteiger partial charge in [0.25, 0.3) is 5.91 Å². The van der Waals surface area contributed by atoms with Crippen molar-refractivity contribution in [3.63, 3.8) is 0 Å². The van der Waals surface area contributed by atoms with Crippen LogP contribution in [0.5, 0.6) is 11.5 Å². The number of nitrogens with zero attached hydrogens (tertiary/aromatic N) is 2. The van der Waals surface area contributed by atoms with Gasteiger partial charge in [-0.25, -0.2) is 4.98 Å². The van der Waals surface area contributed by atoms with Crippen molar-refractivity contribution in [3.05, 3.63) is 113 Å². The molecule has 1 aromatic heterocycles. The third kappa shape index (κ3) is 5.70. The Bertz CT molecular complexity index is 1270. The fourth-order valence-electron chi connectivity index (χ4n) is 4.08. The lowest BCUT2D eigenvalue weighted by atomic mass is 10.1. The molecule has 1 aliphatic rings. The van der Waals surface area contributed by atoms with E-state index in [2.05, 4.69) is 27.3 Å². The lowest BCUT2D eigenvalue weighted by molar-refractivity contribution is 0.0934. The average Bonchev–Trinajstić information content (AvgIpc) is 3.54. The van der Waals surface area contributed by atoms with Crippen LogP contribution < -0.4 is 14.8 Å². The van der Waals surface area contributed by atoms with Gasteiger partial charge in [0.15, 0.2) is 17.2 Å². The van der Waals surface area contributed by atoms with E-state index in [0.717, 1.165) is 22.6 Å². The standard InChI is InChI=1S/C28H27N3O4/c1-20(23-10-6-3-7-11-23)29-28(32)24-18-33-27(30-24)17-31(15-21-8-4-2-5-9-21)16-22-12-13-25-26(14-22)35-19-34-25/h2-14,18,20H,15-17,19H2,1H3,(H,29,32)/t20-/m0/s1. The van der Waals surface area contributed by atoms with Gasteiger partial charge in [0.05, 0.1) is 12.6 Å². The molecule has 1 N–H and O–H groups in total. The van der Waals surface area contributed by atoms with Gasteiger partial charge in [0.2, 0.25) is 12.7 Å². The van der Waals surface area contributed by atoms with Crippen LogP contribution in [-0.2, 0) is 19.6 Å². The summed E-state index contributed by atoms with van der Waals surface area (Å²) in [6.07, 6.45) is 1.42. The highest BCUT2D eigenvalue weighted by Gasteiger charge is 2.19. The van der Waals surface area contributed by atoms with Crippen molar-refractivity contribution in [2.75, 3.05) is 6.79 Å². The van der Waals surface area contributed by atoms with E-state index in [1.807, 2.05) is 73.7 Å². The van der Waals surface area contributed by atoms with Crippen LogP contribution in [0.4, 0.5) is 0 Å². The number of carbonyl (C=O) groups excluding carboxylic acids is 1. The van der Waals surface area contributed by atoms with Crippen LogP contribution >= 0.6 is 0 Å². The van der Waals surface area contributed by atoms with Crippen LogP contribution in [0.3, 0.4) is 0 Å². The normalized spacial score (nSPS) is 13.1. The molecule has 2 heterocycles. The van der Waals surface area contributed by atoms with E-state index < -0.39 is 0 Å². The molecule has 35 heavy (non-hydrogen) atoms. The molecule has 0 bridgehead atoms. The Morgan fingerprint density at radius 1 is 0.914 bits per heavy atom. The topological polar surface area (TPSA) is 76.8 Å². The molecule has 178 valence electrons. The number of benzene rings is 3. The Kier molecular flexibility index (Phi) is 6.77.